The molecule has 2 rings (SSSR count). The Morgan fingerprint density at radius 3 is 2.94 bits per heavy atom. The standard InChI is InChI=1S/C13H19NO2/c1-9-3-4-13(16-2)11(5-9)12-6-10(8-15)7-14-12/h3-5,10,12,14-15H,6-8H2,1-2H3. The number of nitrogens with one attached hydrogen (secondary N) is 1. The van der Waals surface area contributed by atoms with Crippen molar-refractivity contribution >= 4 is 0 Å². The maximum Gasteiger partial charge on any atom is 0.123 e. The lowest BCUT2D eigenvalue weighted by atomic mass is 9.98. The first-order chi connectivity index (χ1) is 7.74. The predicted molar refractivity (Wildman–Crippen MR) is 63.7 cm³/mol. The van der Waals surface area contributed by atoms with Crippen molar-refractivity contribution in [3.63, 3.8) is 0 Å². The largest absolute Gasteiger partial charge is 0.496 e. The molecule has 3 heteroatoms. The molecule has 1 saturated heterocycles. The molecule has 0 amide bonds. The molecule has 16 heavy (non-hydrogen) atoms. The molecule has 3 nitrogen and oxygen atoms in total. The summed E-state index contributed by atoms with van der Waals surface area (Å²) < 4.78 is 5.38. The fraction of sp³-hybridized carbons (Fsp3) is 0.538. The SMILES string of the molecule is COc1ccc(C)cc1C1CC(CO)CN1. The van der Waals surface area contributed by atoms with Gasteiger partial charge in [0.1, 0.15) is 5.75 Å². The molecule has 1 fully saturated rings. The minimum Gasteiger partial charge on any atom is -0.496 e. The van der Waals surface area contributed by atoms with E-state index in [1.54, 1.807) is 7.11 Å². The summed E-state index contributed by atoms with van der Waals surface area (Å²) in [5.74, 6) is 1.30. The van der Waals surface area contributed by atoms with E-state index in [-0.39, 0.29) is 6.61 Å². The summed E-state index contributed by atoms with van der Waals surface area (Å²) >= 11 is 0. The van der Waals surface area contributed by atoms with Crippen LogP contribution in [0.3, 0.4) is 0 Å². The highest BCUT2D eigenvalue weighted by molar-refractivity contribution is 5.39. The van der Waals surface area contributed by atoms with Crippen LogP contribution in [-0.4, -0.2) is 25.4 Å². The highest BCUT2D eigenvalue weighted by Gasteiger charge is 2.26. The molecule has 0 aliphatic carbocycles. The zero-order valence-corrected chi connectivity index (χ0v) is 9.86. The number of benzene rings is 1. The number of hydrogen-bond donors (Lipinski definition) is 2. The quantitative estimate of drug-likeness (QED) is 0.815. The predicted octanol–water partition coefficient (Wildman–Crippen LogP) is 1.65. The van der Waals surface area contributed by atoms with Gasteiger partial charge in [-0.05, 0) is 25.3 Å². The summed E-state index contributed by atoms with van der Waals surface area (Å²) in [5, 5.41) is 12.6. The molecule has 88 valence electrons. The van der Waals surface area contributed by atoms with E-state index in [1.165, 1.54) is 11.1 Å². The number of methoxy groups -OCH3 is 1. The number of aliphatic hydroxyl groups excluding tert-OH is 1. The molecule has 0 spiro atoms. The van der Waals surface area contributed by atoms with Gasteiger partial charge in [-0.2, -0.15) is 0 Å². The molecule has 0 bridgehead atoms. The van der Waals surface area contributed by atoms with E-state index in [0.717, 1.165) is 18.7 Å². The van der Waals surface area contributed by atoms with E-state index in [9.17, 15) is 0 Å². The summed E-state index contributed by atoms with van der Waals surface area (Å²) in [6, 6.07) is 6.54. The van der Waals surface area contributed by atoms with Gasteiger partial charge in [0, 0.05) is 24.8 Å². The average Bonchev–Trinajstić information content (AvgIpc) is 2.77. The van der Waals surface area contributed by atoms with Crippen LogP contribution in [0.1, 0.15) is 23.6 Å². The van der Waals surface area contributed by atoms with E-state index in [2.05, 4.69) is 24.4 Å². The Balaban J connectivity index is 2.22. The van der Waals surface area contributed by atoms with Crippen LogP contribution in [0.4, 0.5) is 0 Å². The summed E-state index contributed by atoms with van der Waals surface area (Å²) in [6.45, 7) is 3.23. The Kier molecular flexibility index (Phi) is 3.46. The van der Waals surface area contributed by atoms with Gasteiger partial charge in [0.15, 0.2) is 0 Å². The summed E-state index contributed by atoms with van der Waals surface area (Å²) in [6.07, 6.45) is 0.982. The van der Waals surface area contributed by atoms with Crippen LogP contribution in [0.25, 0.3) is 0 Å². The monoisotopic (exact) mass is 221 g/mol. The van der Waals surface area contributed by atoms with E-state index in [4.69, 9.17) is 9.84 Å². The third kappa shape index (κ3) is 2.20. The van der Waals surface area contributed by atoms with Crippen molar-refractivity contribution < 1.29 is 9.84 Å². The third-order valence-corrected chi connectivity index (χ3v) is 3.24. The second-order valence-corrected chi connectivity index (χ2v) is 4.49. The Hall–Kier alpha value is -1.06. The molecule has 0 aromatic heterocycles. The lowest BCUT2D eigenvalue weighted by Crippen LogP contribution is -2.15. The maximum atomic E-state index is 9.14. The molecule has 0 radical (unpaired) electrons. The first kappa shape index (κ1) is 11.4. The summed E-state index contributed by atoms with van der Waals surface area (Å²) in [4.78, 5) is 0. The zero-order valence-electron chi connectivity index (χ0n) is 9.86. The highest BCUT2D eigenvalue weighted by atomic mass is 16.5. The molecule has 1 aromatic carbocycles. The molecular formula is C13H19NO2. The molecule has 1 aliphatic heterocycles. The Morgan fingerprint density at radius 1 is 1.50 bits per heavy atom. The molecule has 0 saturated carbocycles. The average molecular weight is 221 g/mol. The van der Waals surface area contributed by atoms with Crippen LogP contribution < -0.4 is 10.1 Å². The van der Waals surface area contributed by atoms with Crippen LogP contribution in [-0.2, 0) is 0 Å². The fourth-order valence-corrected chi connectivity index (χ4v) is 2.31. The summed E-state index contributed by atoms with van der Waals surface area (Å²) in [5.41, 5.74) is 2.45. The van der Waals surface area contributed by atoms with Gasteiger partial charge in [-0.1, -0.05) is 17.7 Å². The number of aryl methyl sites for hydroxylation is 1. The van der Waals surface area contributed by atoms with Crippen molar-refractivity contribution in [1.29, 1.82) is 0 Å². The Morgan fingerprint density at radius 2 is 2.31 bits per heavy atom. The van der Waals surface area contributed by atoms with Gasteiger partial charge in [0.2, 0.25) is 0 Å². The van der Waals surface area contributed by atoms with Crippen LogP contribution in [0, 0.1) is 12.8 Å². The van der Waals surface area contributed by atoms with E-state index in [0.29, 0.717) is 12.0 Å². The Bertz CT molecular complexity index is 365. The fourth-order valence-electron chi connectivity index (χ4n) is 2.31. The molecule has 2 N–H and O–H groups in total. The summed E-state index contributed by atoms with van der Waals surface area (Å²) in [7, 11) is 1.70. The van der Waals surface area contributed by atoms with Gasteiger partial charge in [-0.3, -0.25) is 0 Å². The Labute approximate surface area is 96.4 Å². The number of ether oxygens (including phenoxy) is 1. The lowest BCUT2D eigenvalue weighted by Gasteiger charge is -2.15. The van der Waals surface area contributed by atoms with Crippen LogP contribution in [0.2, 0.25) is 0 Å². The number of aliphatic hydroxyl groups is 1. The second-order valence-electron chi connectivity index (χ2n) is 4.49. The van der Waals surface area contributed by atoms with Crippen LogP contribution in [0.15, 0.2) is 18.2 Å². The highest BCUT2D eigenvalue weighted by Crippen LogP contribution is 2.33. The van der Waals surface area contributed by atoms with E-state index >= 15 is 0 Å². The van der Waals surface area contributed by atoms with Crippen molar-refractivity contribution in [2.75, 3.05) is 20.3 Å². The van der Waals surface area contributed by atoms with Gasteiger partial charge in [0.05, 0.1) is 7.11 Å². The minimum atomic E-state index is 0.262. The minimum absolute atomic E-state index is 0.262. The van der Waals surface area contributed by atoms with Gasteiger partial charge >= 0.3 is 0 Å². The zero-order chi connectivity index (χ0) is 11.5. The second kappa shape index (κ2) is 4.85. The number of hydrogen-bond acceptors (Lipinski definition) is 3. The van der Waals surface area contributed by atoms with Gasteiger partial charge in [-0.25, -0.2) is 0 Å². The maximum absolute atomic E-state index is 9.14. The van der Waals surface area contributed by atoms with E-state index < -0.39 is 0 Å². The van der Waals surface area contributed by atoms with Crippen molar-refractivity contribution in [3.8, 4) is 5.75 Å². The van der Waals surface area contributed by atoms with Gasteiger partial charge < -0.3 is 15.2 Å². The molecule has 1 heterocycles. The molecule has 2 atom stereocenters. The molecule has 2 unspecified atom stereocenters. The topological polar surface area (TPSA) is 41.5 Å². The normalized spacial score (nSPS) is 24.7. The third-order valence-electron chi connectivity index (χ3n) is 3.24. The van der Waals surface area contributed by atoms with Crippen LogP contribution in [0.5, 0.6) is 5.75 Å². The van der Waals surface area contributed by atoms with Gasteiger partial charge in [-0.15, -0.1) is 0 Å². The van der Waals surface area contributed by atoms with Crippen molar-refractivity contribution in [3.05, 3.63) is 29.3 Å². The number of rotatable bonds is 3. The van der Waals surface area contributed by atoms with Crippen molar-refractivity contribution in [2.45, 2.75) is 19.4 Å². The van der Waals surface area contributed by atoms with Crippen molar-refractivity contribution in [1.82, 2.24) is 5.32 Å². The smallest absolute Gasteiger partial charge is 0.123 e. The first-order valence-corrected chi connectivity index (χ1v) is 5.73. The first-order valence-electron chi connectivity index (χ1n) is 5.73. The van der Waals surface area contributed by atoms with Gasteiger partial charge in [0.25, 0.3) is 0 Å². The molecule has 1 aliphatic rings. The van der Waals surface area contributed by atoms with Crippen LogP contribution >= 0.6 is 0 Å². The molecule has 1 aromatic rings. The molecular weight excluding hydrogens is 202 g/mol. The van der Waals surface area contributed by atoms with E-state index in [1.807, 2.05) is 6.07 Å². The van der Waals surface area contributed by atoms with Crippen molar-refractivity contribution in [2.24, 2.45) is 5.92 Å². The lowest BCUT2D eigenvalue weighted by molar-refractivity contribution is 0.235.